The molecule has 0 atom stereocenters. The van der Waals surface area contributed by atoms with Crippen LogP contribution in [0.2, 0.25) is 0 Å². The van der Waals surface area contributed by atoms with Gasteiger partial charge < -0.3 is 24.3 Å². The third-order valence-electron chi connectivity index (χ3n) is 4.37. The minimum absolute atomic E-state index is 0.176. The van der Waals surface area contributed by atoms with E-state index in [0.29, 0.717) is 34.4 Å². The van der Waals surface area contributed by atoms with E-state index in [1.54, 1.807) is 25.1 Å². The van der Waals surface area contributed by atoms with Gasteiger partial charge in [0.1, 0.15) is 10.8 Å². The molecule has 1 N–H and O–H groups in total. The normalized spacial score (nSPS) is 14.0. The molecule has 0 saturated heterocycles. The molecule has 2 aliphatic rings. The van der Waals surface area contributed by atoms with Gasteiger partial charge in [-0.15, -0.1) is 11.3 Å². The Morgan fingerprint density at radius 1 is 1.22 bits per heavy atom. The molecule has 1 aromatic carbocycles. The van der Waals surface area contributed by atoms with Gasteiger partial charge in [-0.05, 0) is 43.9 Å². The monoisotopic (exact) mass is 389 g/mol. The number of rotatable bonds is 6. The molecule has 0 bridgehead atoms. The molecule has 2 heterocycles. The summed E-state index contributed by atoms with van der Waals surface area (Å²) in [7, 11) is 0. The van der Waals surface area contributed by atoms with Crippen LogP contribution in [0.3, 0.4) is 0 Å². The average Bonchev–Trinajstić information content (AvgIpc) is 3.35. The number of hydrogen-bond donors (Lipinski definition) is 1. The lowest BCUT2D eigenvalue weighted by molar-refractivity contribution is -0.118. The highest BCUT2D eigenvalue weighted by Crippen LogP contribution is 2.39. The fourth-order valence-corrected chi connectivity index (χ4v) is 4.48. The van der Waals surface area contributed by atoms with Crippen LogP contribution in [0.15, 0.2) is 18.2 Å². The summed E-state index contributed by atoms with van der Waals surface area (Å²) in [5.74, 6) is 1.03. The molecule has 4 rings (SSSR count). The number of aryl methyl sites for hydroxylation is 1. The van der Waals surface area contributed by atoms with Gasteiger partial charge in [0.15, 0.2) is 18.1 Å². The lowest BCUT2D eigenvalue weighted by Gasteiger charge is -2.09. The van der Waals surface area contributed by atoms with Crippen molar-refractivity contribution in [2.24, 2.45) is 0 Å². The number of benzene rings is 1. The number of fused-ring (bicyclic) bond motifs is 2. The first-order chi connectivity index (χ1) is 13.2. The second-order valence-electron chi connectivity index (χ2n) is 6.13. The summed E-state index contributed by atoms with van der Waals surface area (Å²) in [6.07, 6.45) is 2.79. The summed E-state index contributed by atoms with van der Waals surface area (Å²) >= 11 is 1.44. The lowest BCUT2D eigenvalue weighted by atomic mass is 10.1. The summed E-state index contributed by atoms with van der Waals surface area (Å²) in [6, 6.07) is 5.13. The van der Waals surface area contributed by atoms with Gasteiger partial charge in [0.05, 0.1) is 12.2 Å². The first kappa shape index (κ1) is 17.7. The summed E-state index contributed by atoms with van der Waals surface area (Å²) in [5.41, 5.74) is 1.50. The average molecular weight is 389 g/mol. The van der Waals surface area contributed by atoms with Crippen LogP contribution in [0.1, 0.15) is 34.1 Å². The van der Waals surface area contributed by atoms with Crippen molar-refractivity contribution in [3.05, 3.63) is 34.2 Å². The van der Waals surface area contributed by atoms with Gasteiger partial charge in [0.25, 0.3) is 5.91 Å². The molecule has 8 heteroatoms. The third-order valence-corrected chi connectivity index (χ3v) is 5.58. The molecule has 0 saturated carbocycles. The molecule has 1 amide bonds. The van der Waals surface area contributed by atoms with Crippen LogP contribution in [-0.4, -0.2) is 31.9 Å². The van der Waals surface area contributed by atoms with Crippen LogP contribution in [-0.2, 0) is 22.4 Å². The molecule has 1 aliphatic carbocycles. The molecule has 1 aromatic heterocycles. The summed E-state index contributed by atoms with van der Waals surface area (Å²) in [4.78, 5) is 25.8. The summed E-state index contributed by atoms with van der Waals surface area (Å²) < 4.78 is 21.2. The van der Waals surface area contributed by atoms with Crippen molar-refractivity contribution in [2.45, 2.75) is 26.2 Å². The van der Waals surface area contributed by atoms with E-state index >= 15 is 0 Å². The van der Waals surface area contributed by atoms with Gasteiger partial charge in [-0.3, -0.25) is 4.79 Å². The van der Waals surface area contributed by atoms with Crippen molar-refractivity contribution >= 4 is 28.2 Å². The number of nitrogens with one attached hydrogen (secondary N) is 1. The van der Waals surface area contributed by atoms with E-state index in [2.05, 4.69) is 5.32 Å². The first-order valence-electron chi connectivity index (χ1n) is 8.79. The molecule has 0 radical (unpaired) electrons. The Hall–Kier alpha value is -2.74. The van der Waals surface area contributed by atoms with Crippen LogP contribution >= 0.6 is 11.3 Å². The highest BCUT2D eigenvalue weighted by Gasteiger charge is 2.28. The van der Waals surface area contributed by atoms with Crippen LogP contribution in [0.5, 0.6) is 17.2 Å². The zero-order valence-corrected chi connectivity index (χ0v) is 15.6. The number of carbonyl (C=O) groups excluding carboxylic acids is 2. The predicted molar refractivity (Wildman–Crippen MR) is 99.0 cm³/mol. The Balaban J connectivity index is 1.43. The zero-order chi connectivity index (χ0) is 18.8. The minimum atomic E-state index is -0.385. The Labute approximate surface area is 160 Å². The standard InChI is InChI=1S/C19H19NO6S/c1-2-23-19(22)17-12-4-3-5-15(12)27-18(17)20-16(21)9-24-11-6-7-13-14(8-11)26-10-25-13/h6-8H,2-5,9-10H2,1H3,(H,20,21). The van der Waals surface area contributed by atoms with Gasteiger partial charge in [-0.1, -0.05) is 0 Å². The second-order valence-corrected chi connectivity index (χ2v) is 7.24. The fourth-order valence-electron chi connectivity index (χ4n) is 3.19. The van der Waals surface area contributed by atoms with Crippen LogP contribution in [0.4, 0.5) is 5.00 Å². The molecule has 0 fully saturated rings. The molecule has 2 aromatic rings. The van der Waals surface area contributed by atoms with Gasteiger partial charge in [0.2, 0.25) is 6.79 Å². The molecular weight excluding hydrogens is 370 g/mol. The smallest absolute Gasteiger partial charge is 0.341 e. The van der Waals surface area contributed by atoms with Crippen molar-refractivity contribution in [2.75, 3.05) is 25.3 Å². The zero-order valence-electron chi connectivity index (χ0n) is 14.8. The van der Waals surface area contributed by atoms with Crippen molar-refractivity contribution in [1.29, 1.82) is 0 Å². The van der Waals surface area contributed by atoms with Crippen LogP contribution in [0, 0.1) is 0 Å². The minimum Gasteiger partial charge on any atom is -0.484 e. The SMILES string of the molecule is CCOC(=O)c1c(NC(=O)COc2ccc3c(c2)OCO3)sc2c1CCC2. The lowest BCUT2D eigenvalue weighted by Crippen LogP contribution is -2.21. The van der Waals surface area contributed by atoms with Crippen molar-refractivity contribution < 1.29 is 28.5 Å². The number of hydrogen-bond acceptors (Lipinski definition) is 7. The van der Waals surface area contributed by atoms with Crippen molar-refractivity contribution in [3.63, 3.8) is 0 Å². The highest BCUT2D eigenvalue weighted by molar-refractivity contribution is 7.17. The molecule has 0 unspecified atom stereocenters. The van der Waals surface area contributed by atoms with Gasteiger partial charge in [0, 0.05) is 10.9 Å². The van der Waals surface area contributed by atoms with Crippen LogP contribution in [0.25, 0.3) is 0 Å². The third kappa shape index (κ3) is 3.57. The molecule has 142 valence electrons. The van der Waals surface area contributed by atoms with E-state index in [0.717, 1.165) is 29.7 Å². The van der Waals surface area contributed by atoms with E-state index < -0.39 is 0 Å². The topological polar surface area (TPSA) is 83.1 Å². The van der Waals surface area contributed by atoms with Gasteiger partial charge in [-0.25, -0.2) is 4.79 Å². The van der Waals surface area contributed by atoms with E-state index in [1.165, 1.54) is 11.3 Å². The quantitative estimate of drug-likeness (QED) is 0.764. The second kappa shape index (κ2) is 7.48. The fraction of sp³-hybridized carbons (Fsp3) is 0.368. The predicted octanol–water partition coefficient (Wildman–Crippen LogP) is 3.16. The Kier molecular flexibility index (Phi) is 4.89. The Morgan fingerprint density at radius 2 is 2.07 bits per heavy atom. The summed E-state index contributed by atoms with van der Waals surface area (Å²) in [6.45, 7) is 2.06. The van der Waals surface area contributed by atoms with E-state index in [9.17, 15) is 9.59 Å². The van der Waals surface area contributed by atoms with E-state index in [1.807, 2.05) is 0 Å². The van der Waals surface area contributed by atoms with E-state index in [-0.39, 0.29) is 25.3 Å². The summed E-state index contributed by atoms with van der Waals surface area (Å²) in [5, 5.41) is 3.34. The van der Waals surface area contributed by atoms with Crippen molar-refractivity contribution in [1.82, 2.24) is 0 Å². The maximum atomic E-state index is 12.3. The van der Waals surface area contributed by atoms with Crippen molar-refractivity contribution in [3.8, 4) is 17.2 Å². The van der Waals surface area contributed by atoms with Gasteiger partial charge in [-0.2, -0.15) is 0 Å². The number of ether oxygens (including phenoxy) is 4. The maximum Gasteiger partial charge on any atom is 0.341 e. The maximum absolute atomic E-state index is 12.3. The van der Waals surface area contributed by atoms with Crippen LogP contribution < -0.4 is 19.5 Å². The molecule has 27 heavy (non-hydrogen) atoms. The number of anilines is 1. The Bertz CT molecular complexity index is 891. The largest absolute Gasteiger partial charge is 0.484 e. The number of esters is 1. The molecule has 7 nitrogen and oxygen atoms in total. The molecule has 0 spiro atoms. The molecule has 1 aliphatic heterocycles. The van der Waals surface area contributed by atoms with Gasteiger partial charge >= 0.3 is 5.97 Å². The van der Waals surface area contributed by atoms with E-state index in [4.69, 9.17) is 18.9 Å². The molecular formula is C19H19NO6S. The highest BCUT2D eigenvalue weighted by atomic mass is 32.1. The Morgan fingerprint density at radius 3 is 2.93 bits per heavy atom. The number of amides is 1. The number of carbonyl (C=O) groups is 2. The first-order valence-corrected chi connectivity index (χ1v) is 9.61. The number of thiophene rings is 1.